The molecule has 0 fully saturated rings. The van der Waals surface area contributed by atoms with E-state index in [4.69, 9.17) is 91.7 Å². The first-order chi connectivity index (χ1) is 53.5. The lowest BCUT2D eigenvalue weighted by Gasteiger charge is -2.28. The van der Waals surface area contributed by atoms with Crippen molar-refractivity contribution in [2.24, 2.45) is 122 Å². The third kappa shape index (κ3) is 46.1. The summed E-state index contributed by atoms with van der Waals surface area (Å²) >= 11 is 0. The molecule has 13 amide bonds. The number of aromatic hydroxyl groups is 1. The molecule has 47 nitrogen and oxygen atoms in total. The van der Waals surface area contributed by atoms with Crippen LogP contribution in [0.25, 0.3) is 0 Å². The van der Waals surface area contributed by atoms with Crippen LogP contribution in [0.15, 0.2) is 54.2 Å². The normalized spacial score (nSPS) is 13.4. The number of carbonyl (C=O) groups excluding carboxylic acids is 13. The summed E-state index contributed by atoms with van der Waals surface area (Å²) in [7, 11) is 0. The van der Waals surface area contributed by atoms with Crippen LogP contribution in [0.1, 0.15) is 141 Å². The maximum Gasteiger partial charge on any atom is 0.243 e. The standard InChI is InChI=1S/C66H121N33O14/c1-36(100)90-48(34-37-20-22-38(101)23-21-37)52(105)89-35-50(103)91-40(15-7-29-84-62(73)74)53(106)93-41(12-2-4-26-67)55(108)94-42(13-3-5-27-68)56(109)96-44(17-9-31-86-64(77)78)57(110)97-46(19-11-33-88-66(81)82)59(112)99-47(24-25-49(69)102)60(113)98-45(18-10-32-87-65(79)80)58(111)95-43(16-8-30-85-63(75)76)54(107)92-39(51(70)104)14-6-28-83-61(71)72/h20-23,39-48,101H,2-19,24-35,67-68H2,1H3,(H2,69,102)(H2,70,104)(H,89,105)(H,90,100)(H,91,103)(H,92,107)(H,93,106)(H,94,108)(H,95,111)(H,96,109)(H,97,110)(H,98,113)(H,99,112)(H4,71,72,83)(H4,73,74,84)(H4,75,76,85)(H4,77,78,86)(H4,79,80,87)(H4,81,82,88)/t39-,40-,41-,42-,43-,44-,45-,46-,47-,48-/m0/s1. The number of phenolic OH excluding ortho intramolecular Hbond substituents is 1. The van der Waals surface area contributed by atoms with Gasteiger partial charge in [-0.25, -0.2) is 0 Å². The topological polar surface area (TPSA) is 865 Å². The second-order valence-corrected chi connectivity index (χ2v) is 26.1. The van der Waals surface area contributed by atoms with Crippen LogP contribution < -0.4 is 150 Å². The van der Waals surface area contributed by atoms with E-state index in [2.05, 4.69) is 88.4 Å². The number of rotatable bonds is 59. The number of phenols is 1. The SMILES string of the molecule is CC(=O)N[C@@H](Cc1ccc(O)cc1)C(=O)NCC(=O)N[C@@H](CCCN=C(N)N)C(=O)N[C@@H](CCCCN)C(=O)N[C@@H](CCCCN)C(=O)N[C@@H](CCCN=C(N)N)C(=O)N[C@@H](CCCN=C(N)N)C(=O)N[C@@H](CCC(N)=O)C(=O)N[C@@H](CCCN=C(N)N)C(=O)N[C@@H](CCCN=C(N)N)C(=O)N[C@@H](CCCN=C(N)N)C(N)=O. The van der Waals surface area contributed by atoms with Crippen molar-refractivity contribution in [3.8, 4) is 5.75 Å². The molecule has 0 radical (unpaired) electrons. The van der Waals surface area contributed by atoms with Crippen molar-refractivity contribution < 1.29 is 67.4 Å². The molecule has 1 aromatic rings. The molecule has 0 saturated heterocycles. The molecule has 634 valence electrons. The Bertz CT molecular complexity index is 3410. The molecule has 47 heteroatoms. The molecule has 0 bridgehead atoms. The van der Waals surface area contributed by atoms with E-state index < -0.39 is 157 Å². The van der Waals surface area contributed by atoms with Gasteiger partial charge in [0.2, 0.25) is 76.8 Å². The van der Waals surface area contributed by atoms with Crippen LogP contribution in [0, 0.1) is 0 Å². The number of hydrogen-bond donors (Lipinski definition) is 28. The van der Waals surface area contributed by atoms with Crippen LogP contribution in [-0.4, -0.2) is 237 Å². The number of aliphatic imine (C=N–C) groups is 6. The molecule has 0 unspecified atom stereocenters. The summed E-state index contributed by atoms with van der Waals surface area (Å²) in [5.74, 6) is -13.6. The van der Waals surface area contributed by atoms with Crippen LogP contribution in [-0.2, 0) is 68.7 Å². The maximum atomic E-state index is 14.9. The highest BCUT2D eigenvalue weighted by Gasteiger charge is 2.36. The molecule has 0 spiro atoms. The summed E-state index contributed by atoms with van der Waals surface area (Å²) in [5.41, 5.74) is 90.0. The Labute approximate surface area is 654 Å². The number of nitrogens with one attached hydrogen (secondary N) is 11. The second-order valence-electron chi connectivity index (χ2n) is 26.1. The summed E-state index contributed by atoms with van der Waals surface area (Å²) in [4.78, 5) is 204. The van der Waals surface area contributed by atoms with Crippen LogP contribution in [0.2, 0.25) is 0 Å². The predicted molar refractivity (Wildman–Crippen MR) is 423 cm³/mol. The number of nitrogens with zero attached hydrogens (tertiary/aromatic N) is 6. The lowest BCUT2D eigenvalue weighted by molar-refractivity contribution is -0.136. The molecule has 0 aromatic heterocycles. The van der Waals surface area contributed by atoms with Gasteiger partial charge in [-0.1, -0.05) is 12.1 Å². The Morgan fingerprint density at radius 3 is 0.832 bits per heavy atom. The Morgan fingerprint density at radius 1 is 0.319 bits per heavy atom. The molecule has 0 heterocycles. The van der Waals surface area contributed by atoms with Crippen LogP contribution in [0.4, 0.5) is 0 Å². The van der Waals surface area contributed by atoms with Gasteiger partial charge >= 0.3 is 0 Å². The van der Waals surface area contributed by atoms with Crippen molar-refractivity contribution in [2.45, 2.75) is 202 Å². The van der Waals surface area contributed by atoms with Gasteiger partial charge in [0.15, 0.2) is 35.8 Å². The fraction of sp³-hybridized carbons (Fsp3) is 0.621. The molecule has 44 N–H and O–H groups in total. The summed E-state index contributed by atoms with van der Waals surface area (Å²) in [6.45, 7) is 0.589. The van der Waals surface area contributed by atoms with Crippen molar-refractivity contribution in [2.75, 3.05) is 58.9 Å². The van der Waals surface area contributed by atoms with Gasteiger partial charge < -0.3 is 155 Å². The molecule has 0 saturated carbocycles. The number of amides is 13. The first-order valence-corrected chi connectivity index (χ1v) is 36.8. The second kappa shape index (κ2) is 56.0. The summed E-state index contributed by atoms with van der Waals surface area (Å²) in [6, 6.07) is -8.85. The number of guanidine groups is 6. The van der Waals surface area contributed by atoms with E-state index in [1.54, 1.807) is 0 Å². The van der Waals surface area contributed by atoms with Crippen LogP contribution >= 0.6 is 0 Å². The van der Waals surface area contributed by atoms with E-state index in [-0.39, 0.29) is 203 Å². The highest BCUT2D eigenvalue weighted by molar-refractivity contribution is 5.99. The zero-order valence-electron chi connectivity index (χ0n) is 64.0. The van der Waals surface area contributed by atoms with E-state index in [0.717, 1.165) is 0 Å². The fourth-order valence-corrected chi connectivity index (χ4v) is 10.8. The van der Waals surface area contributed by atoms with Crippen molar-refractivity contribution in [3.05, 3.63) is 29.8 Å². The monoisotopic (exact) mass is 1600 g/mol. The van der Waals surface area contributed by atoms with E-state index >= 15 is 0 Å². The predicted octanol–water partition coefficient (Wildman–Crippen LogP) is -11.8. The Morgan fingerprint density at radius 2 is 0.575 bits per heavy atom. The molecule has 1 aromatic carbocycles. The van der Waals surface area contributed by atoms with Crippen molar-refractivity contribution in [3.63, 3.8) is 0 Å². The smallest absolute Gasteiger partial charge is 0.243 e. The Balaban J connectivity index is 3.92. The quantitative estimate of drug-likeness (QED) is 0.0164. The zero-order chi connectivity index (χ0) is 85.0. The van der Waals surface area contributed by atoms with Gasteiger partial charge in [-0.3, -0.25) is 92.3 Å². The van der Waals surface area contributed by atoms with Crippen molar-refractivity contribution in [1.29, 1.82) is 0 Å². The van der Waals surface area contributed by atoms with E-state index in [1.807, 2.05) is 0 Å². The molecule has 0 aliphatic carbocycles. The molecule has 0 aliphatic rings. The first kappa shape index (κ1) is 98.7. The minimum Gasteiger partial charge on any atom is -0.508 e. The lowest BCUT2D eigenvalue weighted by Crippen LogP contribution is -2.60. The minimum atomic E-state index is -1.73. The fourth-order valence-electron chi connectivity index (χ4n) is 10.8. The number of benzene rings is 1. The Kier molecular flexibility index (Phi) is 48.9. The molecular formula is C66H121N33O14. The number of carbonyl (C=O) groups is 13. The van der Waals surface area contributed by atoms with Gasteiger partial charge in [0.05, 0.1) is 6.54 Å². The maximum absolute atomic E-state index is 14.9. The molecule has 10 atom stereocenters. The zero-order valence-corrected chi connectivity index (χ0v) is 64.0. The van der Waals surface area contributed by atoms with Crippen molar-refractivity contribution >= 4 is 113 Å². The molecule has 0 aliphatic heterocycles. The molecular weight excluding hydrogens is 1480 g/mol. The van der Waals surface area contributed by atoms with Crippen molar-refractivity contribution in [1.82, 2.24) is 58.5 Å². The van der Waals surface area contributed by atoms with Gasteiger partial charge in [0.25, 0.3) is 0 Å². The Hall–Kier alpha value is -12.3. The minimum absolute atomic E-state index is 0.000853. The summed E-state index contributed by atoms with van der Waals surface area (Å²) in [5, 5.41) is 38.1. The van der Waals surface area contributed by atoms with Gasteiger partial charge in [-0.15, -0.1) is 0 Å². The number of hydrogen-bond acceptors (Lipinski definition) is 22. The summed E-state index contributed by atoms with van der Waals surface area (Å²) < 4.78 is 0. The van der Waals surface area contributed by atoms with E-state index in [9.17, 15) is 67.4 Å². The van der Waals surface area contributed by atoms with E-state index in [1.165, 1.54) is 31.2 Å². The van der Waals surface area contributed by atoms with Gasteiger partial charge in [-0.2, -0.15) is 0 Å². The van der Waals surface area contributed by atoms with E-state index in [0.29, 0.717) is 18.4 Å². The average molecular weight is 1600 g/mol. The third-order valence-corrected chi connectivity index (χ3v) is 16.5. The molecule has 1 rings (SSSR count). The largest absolute Gasteiger partial charge is 0.508 e. The highest BCUT2D eigenvalue weighted by atomic mass is 16.3. The molecule has 113 heavy (non-hydrogen) atoms. The van der Waals surface area contributed by atoms with Gasteiger partial charge in [0.1, 0.15) is 66.2 Å². The van der Waals surface area contributed by atoms with Gasteiger partial charge in [-0.05, 0) is 153 Å². The lowest BCUT2D eigenvalue weighted by atomic mass is 10.0. The highest BCUT2D eigenvalue weighted by Crippen LogP contribution is 2.15. The van der Waals surface area contributed by atoms with Crippen LogP contribution in [0.3, 0.4) is 0 Å². The van der Waals surface area contributed by atoms with Gasteiger partial charge in [0, 0.05) is 59.0 Å². The number of unbranched alkanes of at least 4 members (excludes halogenated alkanes) is 2. The first-order valence-electron chi connectivity index (χ1n) is 36.8. The average Bonchev–Trinajstić information content (AvgIpc) is 0.861. The summed E-state index contributed by atoms with van der Waals surface area (Å²) in [6.07, 6.45) is -0.779. The van der Waals surface area contributed by atoms with Crippen LogP contribution in [0.5, 0.6) is 5.75 Å². The third-order valence-electron chi connectivity index (χ3n) is 16.5. The number of primary amides is 2. The number of nitrogens with two attached hydrogens (primary N) is 16.